The number of ether oxygens (including phenoxy) is 1. The van der Waals surface area contributed by atoms with Gasteiger partial charge in [0.05, 0.1) is 11.4 Å². The van der Waals surface area contributed by atoms with Crippen molar-refractivity contribution < 1.29 is 19.4 Å². The fraction of sp³-hybridized carbons (Fsp3) is 0.667. The van der Waals surface area contributed by atoms with E-state index < -0.39 is 23.7 Å². The molecule has 1 aromatic heterocycles. The zero-order valence-corrected chi connectivity index (χ0v) is 14.9. The van der Waals surface area contributed by atoms with Gasteiger partial charge in [0.1, 0.15) is 11.6 Å². The van der Waals surface area contributed by atoms with Crippen molar-refractivity contribution in [1.29, 1.82) is 0 Å². The Balaban J connectivity index is 1.64. The SMILES string of the molecule is CC(C)(C)OC(=O)N1C[C@H](Cc2ccc(C3CC3)nn2)C[C@H]1C(=O)O. The molecule has 1 aliphatic heterocycles. The van der Waals surface area contributed by atoms with Crippen molar-refractivity contribution in [2.45, 2.75) is 64.0 Å². The summed E-state index contributed by atoms with van der Waals surface area (Å²) in [5.41, 5.74) is 1.22. The topological polar surface area (TPSA) is 92.6 Å². The number of hydrogen-bond acceptors (Lipinski definition) is 5. The minimum Gasteiger partial charge on any atom is -0.480 e. The molecule has 1 saturated heterocycles. The van der Waals surface area contributed by atoms with E-state index in [-0.39, 0.29) is 5.92 Å². The number of likely N-dealkylation sites (tertiary alicyclic amines) is 1. The second kappa shape index (κ2) is 6.61. The second-order valence-electron chi connectivity index (χ2n) is 8.02. The third-order valence-electron chi connectivity index (χ3n) is 4.53. The molecule has 1 amide bonds. The Kier molecular flexibility index (Phi) is 4.67. The van der Waals surface area contributed by atoms with E-state index in [9.17, 15) is 14.7 Å². The molecule has 0 spiro atoms. The van der Waals surface area contributed by atoms with Gasteiger partial charge in [-0.15, -0.1) is 0 Å². The van der Waals surface area contributed by atoms with E-state index in [0.717, 1.165) is 11.4 Å². The molecule has 1 saturated carbocycles. The molecule has 1 N–H and O–H groups in total. The summed E-state index contributed by atoms with van der Waals surface area (Å²) in [6.07, 6.45) is 2.81. The van der Waals surface area contributed by atoms with E-state index >= 15 is 0 Å². The van der Waals surface area contributed by atoms with Crippen LogP contribution in [0.3, 0.4) is 0 Å². The van der Waals surface area contributed by atoms with E-state index in [1.807, 2.05) is 12.1 Å². The summed E-state index contributed by atoms with van der Waals surface area (Å²) in [6.45, 7) is 5.67. The minimum absolute atomic E-state index is 0.0368. The summed E-state index contributed by atoms with van der Waals surface area (Å²) >= 11 is 0. The van der Waals surface area contributed by atoms with Crippen molar-refractivity contribution >= 4 is 12.1 Å². The first-order chi connectivity index (χ1) is 11.7. The number of aliphatic carboxylic acids is 1. The van der Waals surface area contributed by atoms with Gasteiger partial charge in [-0.3, -0.25) is 4.90 Å². The summed E-state index contributed by atoms with van der Waals surface area (Å²) in [5.74, 6) is -0.398. The van der Waals surface area contributed by atoms with Crippen LogP contribution < -0.4 is 0 Å². The summed E-state index contributed by atoms with van der Waals surface area (Å²) in [4.78, 5) is 25.2. The lowest BCUT2D eigenvalue weighted by atomic mass is 9.99. The highest BCUT2D eigenvalue weighted by atomic mass is 16.6. The van der Waals surface area contributed by atoms with Crippen LogP contribution in [0.25, 0.3) is 0 Å². The van der Waals surface area contributed by atoms with Crippen LogP contribution in [0.15, 0.2) is 12.1 Å². The predicted octanol–water partition coefficient (Wildman–Crippen LogP) is 2.61. The van der Waals surface area contributed by atoms with Crippen molar-refractivity contribution in [3.8, 4) is 0 Å². The number of amides is 1. The summed E-state index contributed by atoms with van der Waals surface area (Å²) < 4.78 is 5.35. The van der Waals surface area contributed by atoms with Gasteiger partial charge in [0.2, 0.25) is 0 Å². The third kappa shape index (κ3) is 4.46. The quantitative estimate of drug-likeness (QED) is 0.900. The fourth-order valence-corrected chi connectivity index (χ4v) is 3.20. The standard InChI is InChI=1S/C18H25N3O4/c1-18(2,3)25-17(24)21-10-11(9-15(21)16(22)23)8-13-6-7-14(20-19-13)12-4-5-12/h6-7,11-12,15H,4-5,8-10H2,1-3H3,(H,22,23)/t11-,15+/m1/s1. The van der Waals surface area contributed by atoms with Crippen LogP contribution in [-0.4, -0.2) is 50.5 Å². The lowest BCUT2D eigenvalue weighted by Crippen LogP contribution is -2.43. The zero-order valence-electron chi connectivity index (χ0n) is 14.9. The van der Waals surface area contributed by atoms with Crippen LogP contribution in [0.4, 0.5) is 4.79 Å². The number of carboxylic acids is 1. The molecule has 2 aliphatic rings. The largest absolute Gasteiger partial charge is 0.480 e. The van der Waals surface area contributed by atoms with Crippen molar-refractivity contribution in [2.75, 3.05) is 6.54 Å². The number of aromatic nitrogens is 2. The first-order valence-electron chi connectivity index (χ1n) is 8.78. The Morgan fingerprint density at radius 3 is 2.52 bits per heavy atom. The average Bonchev–Trinajstić information content (AvgIpc) is 3.26. The lowest BCUT2D eigenvalue weighted by molar-refractivity contribution is -0.142. The molecule has 0 bridgehead atoms. The molecule has 7 nitrogen and oxygen atoms in total. The molecule has 25 heavy (non-hydrogen) atoms. The molecular formula is C18H25N3O4. The highest BCUT2D eigenvalue weighted by Gasteiger charge is 2.41. The Labute approximate surface area is 147 Å². The van der Waals surface area contributed by atoms with Gasteiger partial charge in [0.25, 0.3) is 0 Å². The van der Waals surface area contributed by atoms with Crippen LogP contribution in [-0.2, 0) is 16.0 Å². The van der Waals surface area contributed by atoms with Gasteiger partial charge in [-0.05, 0) is 64.5 Å². The van der Waals surface area contributed by atoms with Crippen LogP contribution in [0, 0.1) is 5.92 Å². The molecular weight excluding hydrogens is 322 g/mol. The molecule has 136 valence electrons. The maximum Gasteiger partial charge on any atom is 0.411 e. The van der Waals surface area contributed by atoms with Crippen LogP contribution in [0.2, 0.25) is 0 Å². The molecule has 7 heteroatoms. The number of nitrogens with zero attached hydrogens (tertiary/aromatic N) is 3. The molecule has 2 fully saturated rings. The highest BCUT2D eigenvalue weighted by Crippen LogP contribution is 2.38. The molecule has 0 aromatic carbocycles. The number of carbonyl (C=O) groups excluding carboxylic acids is 1. The van der Waals surface area contributed by atoms with Gasteiger partial charge in [-0.1, -0.05) is 0 Å². The van der Waals surface area contributed by atoms with Crippen molar-refractivity contribution in [2.24, 2.45) is 5.92 Å². The molecule has 0 radical (unpaired) electrons. The van der Waals surface area contributed by atoms with E-state index in [1.54, 1.807) is 20.8 Å². The van der Waals surface area contributed by atoms with Crippen LogP contribution in [0.5, 0.6) is 0 Å². The number of carboxylic acid groups (broad SMARTS) is 1. The van der Waals surface area contributed by atoms with Gasteiger partial charge < -0.3 is 9.84 Å². The van der Waals surface area contributed by atoms with E-state index in [1.165, 1.54) is 17.7 Å². The summed E-state index contributed by atoms with van der Waals surface area (Å²) in [7, 11) is 0. The number of hydrogen-bond donors (Lipinski definition) is 1. The smallest absolute Gasteiger partial charge is 0.411 e. The van der Waals surface area contributed by atoms with Gasteiger partial charge in [0.15, 0.2) is 0 Å². The highest BCUT2D eigenvalue weighted by molar-refractivity contribution is 5.81. The van der Waals surface area contributed by atoms with E-state index in [2.05, 4.69) is 10.2 Å². The first-order valence-corrected chi connectivity index (χ1v) is 8.78. The molecule has 3 rings (SSSR count). The van der Waals surface area contributed by atoms with Crippen molar-refractivity contribution in [3.63, 3.8) is 0 Å². The Hall–Kier alpha value is -2.18. The van der Waals surface area contributed by atoms with E-state index in [0.29, 0.717) is 25.3 Å². The van der Waals surface area contributed by atoms with Gasteiger partial charge in [-0.25, -0.2) is 9.59 Å². The van der Waals surface area contributed by atoms with Crippen molar-refractivity contribution in [1.82, 2.24) is 15.1 Å². The Morgan fingerprint density at radius 1 is 1.28 bits per heavy atom. The van der Waals surface area contributed by atoms with Gasteiger partial charge >= 0.3 is 12.1 Å². The number of rotatable bonds is 4. The maximum atomic E-state index is 12.3. The van der Waals surface area contributed by atoms with Crippen LogP contribution >= 0.6 is 0 Å². The van der Waals surface area contributed by atoms with E-state index in [4.69, 9.17) is 4.74 Å². The fourth-order valence-electron chi connectivity index (χ4n) is 3.20. The summed E-state index contributed by atoms with van der Waals surface area (Å²) in [5, 5.41) is 18.0. The first kappa shape index (κ1) is 17.6. The molecule has 2 heterocycles. The normalized spacial score (nSPS) is 23.6. The third-order valence-corrected chi connectivity index (χ3v) is 4.53. The lowest BCUT2D eigenvalue weighted by Gasteiger charge is -2.26. The van der Waals surface area contributed by atoms with Crippen molar-refractivity contribution in [3.05, 3.63) is 23.5 Å². The zero-order chi connectivity index (χ0) is 18.2. The predicted molar refractivity (Wildman–Crippen MR) is 90.2 cm³/mol. The monoisotopic (exact) mass is 347 g/mol. The Bertz CT molecular complexity index is 649. The Morgan fingerprint density at radius 2 is 2.00 bits per heavy atom. The molecule has 0 unspecified atom stereocenters. The maximum absolute atomic E-state index is 12.3. The average molecular weight is 347 g/mol. The minimum atomic E-state index is -0.997. The molecule has 2 atom stereocenters. The molecule has 1 aliphatic carbocycles. The van der Waals surface area contributed by atoms with Gasteiger partial charge in [-0.2, -0.15) is 10.2 Å². The van der Waals surface area contributed by atoms with Gasteiger partial charge in [0, 0.05) is 12.5 Å². The number of carbonyl (C=O) groups is 2. The molecule has 1 aromatic rings. The van der Waals surface area contributed by atoms with Crippen LogP contribution in [0.1, 0.15) is 57.3 Å². The second-order valence-corrected chi connectivity index (χ2v) is 8.02. The summed E-state index contributed by atoms with van der Waals surface area (Å²) in [6, 6.07) is 3.13.